The van der Waals surface area contributed by atoms with Gasteiger partial charge in [0.25, 0.3) is 0 Å². The van der Waals surface area contributed by atoms with E-state index in [-0.39, 0.29) is 11.9 Å². The van der Waals surface area contributed by atoms with Crippen LogP contribution in [0.15, 0.2) is 35.1 Å². The fraction of sp³-hybridized carbons (Fsp3) is 0.250. The van der Waals surface area contributed by atoms with Gasteiger partial charge in [-0.1, -0.05) is 22.0 Å². The van der Waals surface area contributed by atoms with E-state index in [1.807, 2.05) is 23.9 Å². The average Bonchev–Trinajstić information content (AvgIpc) is 2.68. The summed E-state index contributed by atoms with van der Waals surface area (Å²) in [7, 11) is 1.88. The summed E-state index contributed by atoms with van der Waals surface area (Å²) in [6, 6.07) is 4.69. The SMILES string of the molecule is Cn1ccnc1C(N)Cc1ccc(Br)cc1F. The highest BCUT2D eigenvalue weighted by Crippen LogP contribution is 2.20. The van der Waals surface area contributed by atoms with E-state index >= 15 is 0 Å². The number of rotatable bonds is 3. The van der Waals surface area contributed by atoms with Crippen LogP contribution in [0, 0.1) is 5.82 Å². The molecule has 2 rings (SSSR count). The molecular formula is C12H13BrFN3. The zero-order chi connectivity index (χ0) is 12.4. The number of nitrogens with two attached hydrogens (primary N) is 1. The van der Waals surface area contributed by atoms with Gasteiger partial charge < -0.3 is 10.3 Å². The third-order valence-corrected chi connectivity index (χ3v) is 3.14. The zero-order valence-corrected chi connectivity index (χ0v) is 11.0. The van der Waals surface area contributed by atoms with Crippen molar-refractivity contribution >= 4 is 15.9 Å². The van der Waals surface area contributed by atoms with Crippen molar-refractivity contribution in [2.75, 3.05) is 0 Å². The molecule has 0 aliphatic rings. The standard InChI is InChI=1S/C12H13BrFN3/c1-17-5-4-16-12(17)11(15)6-8-2-3-9(13)7-10(8)14/h2-5,7,11H,6,15H2,1H3. The molecule has 90 valence electrons. The molecule has 1 aromatic heterocycles. The van der Waals surface area contributed by atoms with Gasteiger partial charge in [0, 0.05) is 23.9 Å². The molecule has 0 aliphatic carbocycles. The van der Waals surface area contributed by atoms with Gasteiger partial charge in [-0.2, -0.15) is 0 Å². The second kappa shape index (κ2) is 4.98. The van der Waals surface area contributed by atoms with Gasteiger partial charge in [-0.15, -0.1) is 0 Å². The first-order valence-corrected chi connectivity index (χ1v) is 6.04. The van der Waals surface area contributed by atoms with E-state index in [1.165, 1.54) is 6.07 Å². The minimum absolute atomic E-state index is 0.246. The molecule has 0 radical (unpaired) electrons. The zero-order valence-electron chi connectivity index (χ0n) is 9.40. The summed E-state index contributed by atoms with van der Waals surface area (Å²) in [4.78, 5) is 4.17. The highest BCUT2D eigenvalue weighted by molar-refractivity contribution is 9.10. The first-order chi connectivity index (χ1) is 8.08. The van der Waals surface area contributed by atoms with Crippen LogP contribution in [0.2, 0.25) is 0 Å². The Balaban J connectivity index is 2.19. The highest BCUT2D eigenvalue weighted by Gasteiger charge is 2.14. The Morgan fingerprint density at radius 3 is 2.88 bits per heavy atom. The third-order valence-electron chi connectivity index (χ3n) is 2.65. The molecule has 1 aromatic carbocycles. The second-order valence-electron chi connectivity index (χ2n) is 3.94. The van der Waals surface area contributed by atoms with Crippen LogP contribution in [-0.2, 0) is 13.5 Å². The lowest BCUT2D eigenvalue weighted by Gasteiger charge is -2.12. The van der Waals surface area contributed by atoms with Crippen LogP contribution in [0.4, 0.5) is 4.39 Å². The molecule has 0 saturated carbocycles. The Kier molecular flexibility index (Phi) is 3.59. The number of hydrogen-bond donors (Lipinski definition) is 1. The van der Waals surface area contributed by atoms with Crippen molar-refractivity contribution < 1.29 is 4.39 Å². The summed E-state index contributed by atoms with van der Waals surface area (Å²) < 4.78 is 16.2. The van der Waals surface area contributed by atoms with Gasteiger partial charge in [-0.25, -0.2) is 9.37 Å². The van der Waals surface area contributed by atoms with E-state index < -0.39 is 0 Å². The van der Waals surface area contributed by atoms with Gasteiger partial charge in [0.15, 0.2) is 0 Å². The molecule has 2 N–H and O–H groups in total. The minimum atomic E-state index is -0.300. The molecule has 1 heterocycles. The molecule has 0 saturated heterocycles. The molecule has 17 heavy (non-hydrogen) atoms. The number of halogens is 2. The molecule has 3 nitrogen and oxygen atoms in total. The predicted molar refractivity (Wildman–Crippen MR) is 67.9 cm³/mol. The maximum Gasteiger partial charge on any atom is 0.127 e. The van der Waals surface area contributed by atoms with Crippen LogP contribution in [0.3, 0.4) is 0 Å². The van der Waals surface area contributed by atoms with Crippen LogP contribution >= 0.6 is 15.9 Å². The van der Waals surface area contributed by atoms with Gasteiger partial charge in [-0.3, -0.25) is 0 Å². The smallest absolute Gasteiger partial charge is 0.127 e. The predicted octanol–water partition coefficient (Wildman–Crippen LogP) is 2.56. The first kappa shape index (κ1) is 12.3. The van der Waals surface area contributed by atoms with Crippen LogP contribution in [0.5, 0.6) is 0 Å². The third kappa shape index (κ3) is 2.73. The van der Waals surface area contributed by atoms with Crippen molar-refractivity contribution in [2.45, 2.75) is 12.5 Å². The number of aromatic nitrogens is 2. The van der Waals surface area contributed by atoms with Crippen molar-refractivity contribution in [3.8, 4) is 0 Å². The van der Waals surface area contributed by atoms with Gasteiger partial charge in [0.05, 0.1) is 6.04 Å². The van der Waals surface area contributed by atoms with E-state index in [0.717, 1.165) is 10.3 Å². The number of imidazole rings is 1. The van der Waals surface area contributed by atoms with Crippen molar-refractivity contribution in [1.29, 1.82) is 0 Å². The number of hydrogen-bond acceptors (Lipinski definition) is 2. The quantitative estimate of drug-likeness (QED) is 0.946. The van der Waals surface area contributed by atoms with Crippen LogP contribution in [-0.4, -0.2) is 9.55 Å². The van der Waals surface area contributed by atoms with E-state index in [1.54, 1.807) is 12.3 Å². The summed E-state index contributed by atoms with van der Waals surface area (Å²) in [5.41, 5.74) is 6.62. The fourth-order valence-electron chi connectivity index (χ4n) is 1.75. The van der Waals surface area contributed by atoms with E-state index in [0.29, 0.717) is 12.0 Å². The normalized spacial score (nSPS) is 12.7. The molecule has 0 amide bonds. The summed E-state index contributed by atoms with van der Waals surface area (Å²) in [5, 5.41) is 0. The van der Waals surface area contributed by atoms with Gasteiger partial charge in [0.2, 0.25) is 0 Å². The summed E-state index contributed by atoms with van der Waals surface area (Å²) in [6.45, 7) is 0. The van der Waals surface area contributed by atoms with Crippen LogP contribution in [0.1, 0.15) is 17.4 Å². The first-order valence-electron chi connectivity index (χ1n) is 5.24. The highest BCUT2D eigenvalue weighted by atomic mass is 79.9. The van der Waals surface area contributed by atoms with Gasteiger partial charge in [0.1, 0.15) is 11.6 Å². The molecule has 1 atom stereocenters. The lowest BCUT2D eigenvalue weighted by atomic mass is 10.1. The van der Waals surface area contributed by atoms with Crippen molar-refractivity contribution in [2.24, 2.45) is 12.8 Å². The summed E-state index contributed by atoms with van der Waals surface area (Å²) in [5.74, 6) is 0.511. The van der Waals surface area contributed by atoms with E-state index in [2.05, 4.69) is 20.9 Å². The number of aryl methyl sites for hydroxylation is 1. The van der Waals surface area contributed by atoms with E-state index in [9.17, 15) is 4.39 Å². The fourth-order valence-corrected chi connectivity index (χ4v) is 2.08. The molecule has 1 unspecified atom stereocenters. The molecular weight excluding hydrogens is 285 g/mol. The molecule has 2 aromatic rings. The number of benzene rings is 1. The number of nitrogens with zero attached hydrogens (tertiary/aromatic N) is 2. The van der Waals surface area contributed by atoms with Crippen LogP contribution < -0.4 is 5.73 Å². The maximum atomic E-state index is 13.6. The monoisotopic (exact) mass is 297 g/mol. The van der Waals surface area contributed by atoms with E-state index in [4.69, 9.17) is 5.73 Å². The summed E-state index contributed by atoms with van der Waals surface area (Å²) >= 11 is 3.23. The summed E-state index contributed by atoms with van der Waals surface area (Å²) in [6.07, 6.45) is 3.95. The van der Waals surface area contributed by atoms with Gasteiger partial charge >= 0.3 is 0 Å². The van der Waals surface area contributed by atoms with Crippen molar-refractivity contribution in [1.82, 2.24) is 9.55 Å². The molecule has 0 bridgehead atoms. The Morgan fingerprint density at radius 2 is 2.29 bits per heavy atom. The molecule has 0 fully saturated rings. The Bertz CT molecular complexity index is 524. The topological polar surface area (TPSA) is 43.8 Å². The minimum Gasteiger partial charge on any atom is -0.337 e. The Morgan fingerprint density at radius 1 is 1.53 bits per heavy atom. The second-order valence-corrected chi connectivity index (χ2v) is 4.86. The maximum absolute atomic E-state index is 13.6. The largest absolute Gasteiger partial charge is 0.337 e. The van der Waals surface area contributed by atoms with Crippen molar-refractivity contribution in [3.63, 3.8) is 0 Å². The molecule has 0 spiro atoms. The lowest BCUT2D eigenvalue weighted by Crippen LogP contribution is -2.18. The molecule has 5 heteroatoms. The average molecular weight is 298 g/mol. The molecule has 0 aliphatic heterocycles. The van der Waals surface area contributed by atoms with Gasteiger partial charge in [-0.05, 0) is 24.1 Å². The van der Waals surface area contributed by atoms with Crippen LogP contribution in [0.25, 0.3) is 0 Å². The lowest BCUT2D eigenvalue weighted by molar-refractivity contribution is 0.575. The Hall–Kier alpha value is -1.20. The Labute approximate surface area is 108 Å². The van der Waals surface area contributed by atoms with Crippen molar-refractivity contribution in [3.05, 3.63) is 52.3 Å².